The molecule has 1 radical (unpaired) electrons. The maximum atomic E-state index is 4.59. The molecule has 7 heteroatoms. The quantitative estimate of drug-likeness (QED) is 0.250. The van der Waals surface area contributed by atoms with Crippen molar-refractivity contribution in [3.05, 3.63) is 134 Å². The normalized spacial score (nSPS) is 9.95. The van der Waals surface area contributed by atoms with E-state index in [0.29, 0.717) is 0 Å². The molecule has 0 atom stereocenters. The van der Waals surface area contributed by atoms with Crippen molar-refractivity contribution in [2.45, 2.75) is 0 Å². The Bertz CT molecular complexity index is 1290. The van der Waals surface area contributed by atoms with E-state index < -0.39 is 0 Å². The van der Waals surface area contributed by atoms with Crippen LogP contribution in [0.2, 0.25) is 0 Å². The third-order valence-electron chi connectivity index (χ3n) is 5.21. The SMILES string of the molecule is [Mn].c1ccc(-c2cccc(-c3ccccn3)n2)nc1.c1ccc(-c2cccc(-c3ccccn3)n2)nc1. The number of hydrogen-bond acceptors (Lipinski definition) is 6. The van der Waals surface area contributed by atoms with Gasteiger partial charge in [-0.15, -0.1) is 0 Å². The topological polar surface area (TPSA) is 77.3 Å². The Hall–Kier alpha value is -4.58. The molecule has 179 valence electrons. The Labute approximate surface area is 226 Å². The third kappa shape index (κ3) is 6.76. The van der Waals surface area contributed by atoms with E-state index in [-0.39, 0.29) is 17.1 Å². The Morgan fingerprint density at radius 2 is 0.514 bits per heavy atom. The van der Waals surface area contributed by atoms with Crippen molar-refractivity contribution in [2.24, 2.45) is 0 Å². The van der Waals surface area contributed by atoms with E-state index in [4.69, 9.17) is 0 Å². The number of aromatic nitrogens is 6. The van der Waals surface area contributed by atoms with Crippen molar-refractivity contribution < 1.29 is 17.1 Å². The molecule has 6 aromatic heterocycles. The van der Waals surface area contributed by atoms with Crippen LogP contribution >= 0.6 is 0 Å². The fourth-order valence-electron chi connectivity index (χ4n) is 3.50. The zero-order chi connectivity index (χ0) is 24.4. The summed E-state index contributed by atoms with van der Waals surface area (Å²) < 4.78 is 0. The predicted molar refractivity (Wildman–Crippen MR) is 141 cm³/mol. The predicted octanol–water partition coefficient (Wildman–Crippen LogP) is 6.41. The van der Waals surface area contributed by atoms with E-state index in [9.17, 15) is 0 Å². The van der Waals surface area contributed by atoms with Gasteiger partial charge >= 0.3 is 0 Å². The van der Waals surface area contributed by atoms with Crippen LogP contribution in [0.5, 0.6) is 0 Å². The first-order valence-electron chi connectivity index (χ1n) is 11.5. The van der Waals surface area contributed by atoms with Crippen LogP contribution in [0, 0.1) is 0 Å². The van der Waals surface area contributed by atoms with Crippen LogP contribution in [-0.4, -0.2) is 29.9 Å². The second kappa shape index (κ2) is 12.9. The molecule has 6 heterocycles. The van der Waals surface area contributed by atoms with Gasteiger partial charge in [0.15, 0.2) is 0 Å². The Balaban J connectivity index is 0.000000168. The van der Waals surface area contributed by atoms with Crippen molar-refractivity contribution >= 4 is 0 Å². The van der Waals surface area contributed by atoms with Crippen LogP contribution in [0.15, 0.2) is 134 Å². The smallest absolute Gasteiger partial charge is 0.0894 e. The summed E-state index contributed by atoms with van der Waals surface area (Å²) in [7, 11) is 0. The summed E-state index contributed by atoms with van der Waals surface area (Å²) in [5, 5.41) is 0. The first-order chi connectivity index (χ1) is 17.9. The van der Waals surface area contributed by atoms with E-state index in [1.54, 1.807) is 24.8 Å². The van der Waals surface area contributed by atoms with Crippen LogP contribution in [0.4, 0.5) is 0 Å². The molecule has 0 aliphatic carbocycles. The van der Waals surface area contributed by atoms with Gasteiger partial charge < -0.3 is 0 Å². The summed E-state index contributed by atoms with van der Waals surface area (Å²) in [5.74, 6) is 0. The number of rotatable bonds is 4. The maximum Gasteiger partial charge on any atom is 0.0894 e. The van der Waals surface area contributed by atoms with Gasteiger partial charge in [-0.25, -0.2) is 9.97 Å². The summed E-state index contributed by atoms with van der Waals surface area (Å²) in [6.45, 7) is 0. The molecule has 0 fully saturated rings. The fourth-order valence-corrected chi connectivity index (χ4v) is 3.50. The maximum absolute atomic E-state index is 4.59. The largest absolute Gasteiger partial charge is 0.255 e. The molecule has 6 rings (SSSR count). The van der Waals surface area contributed by atoms with Gasteiger partial charge in [0.25, 0.3) is 0 Å². The fraction of sp³-hybridized carbons (Fsp3) is 0. The zero-order valence-corrected chi connectivity index (χ0v) is 20.9. The molecule has 0 saturated heterocycles. The summed E-state index contributed by atoms with van der Waals surface area (Å²) in [6, 6.07) is 35.0. The van der Waals surface area contributed by atoms with E-state index >= 15 is 0 Å². The first kappa shape index (κ1) is 25.5. The van der Waals surface area contributed by atoms with Crippen LogP contribution in [0.1, 0.15) is 0 Å². The molecule has 0 bridgehead atoms. The molecule has 0 N–H and O–H groups in total. The second-order valence-electron chi connectivity index (χ2n) is 7.68. The molecule has 0 amide bonds. The van der Waals surface area contributed by atoms with E-state index in [2.05, 4.69) is 29.9 Å². The van der Waals surface area contributed by atoms with Crippen LogP contribution in [-0.2, 0) is 17.1 Å². The first-order valence-corrected chi connectivity index (χ1v) is 11.5. The van der Waals surface area contributed by atoms with E-state index in [1.165, 1.54) is 0 Å². The van der Waals surface area contributed by atoms with Gasteiger partial charge in [-0.3, -0.25) is 19.9 Å². The molecule has 0 spiro atoms. The summed E-state index contributed by atoms with van der Waals surface area (Å²) in [5.41, 5.74) is 6.92. The molecule has 0 aromatic carbocycles. The second-order valence-corrected chi connectivity index (χ2v) is 7.68. The molecular weight excluding hydrogens is 499 g/mol. The third-order valence-corrected chi connectivity index (χ3v) is 5.21. The van der Waals surface area contributed by atoms with Gasteiger partial charge in [0.2, 0.25) is 0 Å². The van der Waals surface area contributed by atoms with Gasteiger partial charge in [-0.05, 0) is 72.8 Å². The Morgan fingerprint density at radius 1 is 0.270 bits per heavy atom. The number of nitrogens with zero attached hydrogens (tertiary/aromatic N) is 6. The minimum absolute atomic E-state index is 0. The zero-order valence-electron chi connectivity index (χ0n) is 19.8. The molecule has 0 aliphatic heterocycles. The molecule has 6 nitrogen and oxygen atoms in total. The minimum atomic E-state index is 0. The molecule has 0 saturated carbocycles. The summed E-state index contributed by atoms with van der Waals surface area (Å²) in [6.07, 6.45) is 7.07. The van der Waals surface area contributed by atoms with Crippen molar-refractivity contribution in [2.75, 3.05) is 0 Å². The van der Waals surface area contributed by atoms with Gasteiger partial charge in [-0.1, -0.05) is 36.4 Å². The standard InChI is InChI=1S/2C15H11N3.Mn/c2*1-3-10-16-12(6-1)14-8-5-9-15(18-14)13-7-2-4-11-17-13;/h2*1-11H;. The van der Waals surface area contributed by atoms with E-state index in [0.717, 1.165) is 45.6 Å². The van der Waals surface area contributed by atoms with Crippen molar-refractivity contribution in [3.8, 4) is 45.6 Å². The summed E-state index contributed by atoms with van der Waals surface area (Å²) >= 11 is 0. The Kier molecular flexibility index (Phi) is 8.91. The van der Waals surface area contributed by atoms with Gasteiger partial charge in [-0.2, -0.15) is 0 Å². The van der Waals surface area contributed by atoms with Gasteiger partial charge in [0.1, 0.15) is 0 Å². The molecule has 0 aliphatic rings. The molecule has 37 heavy (non-hydrogen) atoms. The van der Waals surface area contributed by atoms with Gasteiger partial charge in [0.05, 0.1) is 45.6 Å². The Morgan fingerprint density at radius 3 is 0.730 bits per heavy atom. The monoisotopic (exact) mass is 521 g/mol. The van der Waals surface area contributed by atoms with Crippen molar-refractivity contribution in [3.63, 3.8) is 0 Å². The average Bonchev–Trinajstić information content (AvgIpc) is 2.99. The molecule has 0 unspecified atom stereocenters. The number of pyridine rings is 6. The van der Waals surface area contributed by atoms with Crippen molar-refractivity contribution in [1.29, 1.82) is 0 Å². The van der Waals surface area contributed by atoms with Gasteiger partial charge in [0, 0.05) is 41.9 Å². The summed E-state index contributed by atoms with van der Waals surface area (Å²) in [4.78, 5) is 26.4. The van der Waals surface area contributed by atoms with E-state index in [1.807, 2.05) is 109 Å². The average molecular weight is 521 g/mol. The van der Waals surface area contributed by atoms with Crippen LogP contribution in [0.25, 0.3) is 45.6 Å². The molecular formula is C30H22MnN6. The van der Waals surface area contributed by atoms with Crippen molar-refractivity contribution in [1.82, 2.24) is 29.9 Å². The number of hydrogen-bond donors (Lipinski definition) is 0. The molecule has 6 aromatic rings. The minimum Gasteiger partial charge on any atom is -0.255 e. The van der Waals surface area contributed by atoms with Crippen LogP contribution < -0.4 is 0 Å². The van der Waals surface area contributed by atoms with Crippen LogP contribution in [0.3, 0.4) is 0 Å².